The normalized spacial score (nSPS) is 26.0. The standard InChI is InChI=1S/C38H27BrF3N3O5S2/c39-19-10-12-26(50-16-27(46)43-20-11-9-17-5-1-2-6-18(17)13-20)21(14-19)28-29-22-15-23(32(29)51-34-33(28)52-37(49)44-34)31-30(22)35(47)45(36(31)48)25-8-4-3-7-24(25)38(40,41)42/h1-14,22-23,28-32H,15-16H2,(H,43,46)(H,44,49)/t22-,23-,28+,29-,30+,31+,32-/m1/s1. The number of para-hydroxylation sites is 1. The molecule has 2 saturated carbocycles. The SMILES string of the molecule is O=C(COc1ccc(Br)cc1[C@@H]1c2sc(=O)[nH]c2S[C@@H]2[C@@H]3C[C@@H]([C@@H]4C(=O)N(c5ccccc5C(F)(F)F)C(=O)[C@@H]34)[C@H]12)Nc1ccc2ccccc2c1. The molecule has 8 nitrogen and oxygen atoms in total. The Morgan fingerprint density at radius 3 is 2.44 bits per heavy atom. The number of thiazole rings is 1. The number of alkyl halides is 3. The van der Waals surface area contributed by atoms with E-state index >= 15 is 0 Å². The van der Waals surface area contributed by atoms with Gasteiger partial charge in [0.15, 0.2) is 6.61 Å². The number of carbonyl (C=O) groups excluding carboxylic acids is 3. The summed E-state index contributed by atoms with van der Waals surface area (Å²) in [6, 6.07) is 23.6. The van der Waals surface area contributed by atoms with Crippen molar-refractivity contribution in [2.75, 3.05) is 16.8 Å². The second kappa shape index (κ2) is 12.3. The molecule has 9 rings (SSSR count). The van der Waals surface area contributed by atoms with Gasteiger partial charge in [0.25, 0.3) is 5.91 Å². The molecule has 1 saturated heterocycles. The van der Waals surface area contributed by atoms with Gasteiger partial charge in [-0.3, -0.25) is 19.2 Å². The summed E-state index contributed by atoms with van der Waals surface area (Å²) in [6.07, 6.45) is -4.20. The van der Waals surface area contributed by atoms with Gasteiger partial charge in [0, 0.05) is 31.8 Å². The number of imide groups is 1. The zero-order valence-electron chi connectivity index (χ0n) is 26.9. The van der Waals surface area contributed by atoms with E-state index in [0.717, 1.165) is 42.4 Å². The maximum Gasteiger partial charge on any atom is 0.418 e. The van der Waals surface area contributed by atoms with Gasteiger partial charge in [-0.05, 0) is 77.4 Å². The van der Waals surface area contributed by atoms with E-state index in [0.29, 0.717) is 28.4 Å². The predicted molar refractivity (Wildman–Crippen MR) is 195 cm³/mol. The van der Waals surface area contributed by atoms with E-state index in [1.165, 1.54) is 30.0 Å². The van der Waals surface area contributed by atoms with E-state index < -0.39 is 47.0 Å². The molecule has 264 valence electrons. The van der Waals surface area contributed by atoms with Gasteiger partial charge in [-0.15, -0.1) is 11.8 Å². The van der Waals surface area contributed by atoms with Crippen LogP contribution < -0.4 is 19.8 Å². The van der Waals surface area contributed by atoms with Crippen molar-refractivity contribution < 1.29 is 32.3 Å². The van der Waals surface area contributed by atoms with Crippen molar-refractivity contribution in [1.29, 1.82) is 0 Å². The van der Waals surface area contributed by atoms with E-state index in [-0.39, 0.29) is 40.4 Å². The van der Waals surface area contributed by atoms with Crippen LogP contribution in [0.1, 0.15) is 28.3 Å². The number of nitrogens with zero attached hydrogens (tertiary/aromatic N) is 1. The molecule has 14 heteroatoms. The summed E-state index contributed by atoms with van der Waals surface area (Å²) in [5.41, 5.74) is -0.149. The highest BCUT2D eigenvalue weighted by atomic mass is 79.9. The molecule has 1 aromatic heterocycles. The van der Waals surface area contributed by atoms with Crippen LogP contribution >= 0.6 is 39.0 Å². The second-order valence-electron chi connectivity index (χ2n) is 13.6. The summed E-state index contributed by atoms with van der Waals surface area (Å²) in [6.45, 7) is -0.301. The predicted octanol–water partition coefficient (Wildman–Crippen LogP) is 8.07. The van der Waals surface area contributed by atoms with E-state index in [9.17, 15) is 32.3 Å². The van der Waals surface area contributed by atoms with Gasteiger partial charge in [-0.1, -0.05) is 69.7 Å². The molecule has 4 aliphatic rings. The van der Waals surface area contributed by atoms with Gasteiger partial charge in [-0.2, -0.15) is 13.2 Å². The van der Waals surface area contributed by atoms with Gasteiger partial charge in [0.05, 0.1) is 28.1 Å². The highest BCUT2D eigenvalue weighted by Crippen LogP contribution is 2.69. The van der Waals surface area contributed by atoms with E-state index in [2.05, 4.69) is 26.2 Å². The molecule has 0 radical (unpaired) electrons. The van der Waals surface area contributed by atoms with Gasteiger partial charge in [0.1, 0.15) is 5.75 Å². The molecule has 3 amide bonds. The fourth-order valence-electron chi connectivity index (χ4n) is 9.01. The number of benzene rings is 4. The zero-order valence-corrected chi connectivity index (χ0v) is 30.1. The lowest BCUT2D eigenvalue weighted by Crippen LogP contribution is -2.42. The zero-order chi connectivity index (χ0) is 36.1. The van der Waals surface area contributed by atoms with Crippen molar-refractivity contribution in [2.24, 2.45) is 29.6 Å². The summed E-state index contributed by atoms with van der Waals surface area (Å²) in [5, 5.41) is 5.38. The number of halogens is 4. The third-order valence-electron chi connectivity index (χ3n) is 10.9. The van der Waals surface area contributed by atoms with Gasteiger partial charge >= 0.3 is 11.0 Å². The van der Waals surface area contributed by atoms with Crippen LogP contribution in [0.2, 0.25) is 0 Å². The molecule has 2 bridgehead atoms. The molecule has 5 aromatic rings. The average molecular weight is 807 g/mol. The summed E-state index contributed by atoms with van der Waals surface area (Å²) in [4.78, 5) is 58.3. The van der Waals surface area contributed by atoms with Gasteiger partial charge in [-0.25, -0.2) is 4.90 Å². The molecule has 2 aliphatic heterocycles. The largest absolute Gasteiger partial charge is 0.483 e. The summed E-state index contributed by atoms with van der Waals surface area (Å²) in [5.74, 6) is -4.07. The Bertz CT molecular complexity index is 2380. The summed E-state index contributed by atoms with van der Waals surface area (Å²) >= 11 is 6.12. The molecule has 52 heavy (non-hydrogen) atoms. The molecule has 3 fully saturated rings. The Morgan fingerprint density at radius 1 is 0.923 bits per heavy atom. The highest BCUT2D eigenvalue weighted by molar-refractivity contribution is 9.10. The number of hydrogen-bond donors (Lipinski definition) is 2. The minimum absolute atomic E-state index is 0.202. The number of fused-ring (bicyclic) bond motifs is 10. The van der Waals surface area contributed by atoms with Crippen LogP contribution in [0.15, 0.2) is 99.2 Å². The van der Waals surface area contributed by atoms with Crippen molar-refractivity contribution in [3.63, 3.8) is 0 Å². The van der Waals surface area contributed by atoms with Crippen molar-refractivity contribution >= 4 is 78.9 Å². The number of aromatic amines is 1. The Kier molecular flexibility index (Phi) is 7.94. The summed E-state index contributed by atoms with van der Waals surface area (Å²) < 4.78 is 49.1. The van der Waals surface area contributed by atoms with Crippen LogP contribution in [0.3, 0.4) is 0 Å². The van der Waals surface area contributed by atoms with E-state index in [1.54, 1.807) is 12.1 Å². The second-order valence-corrected chi connectivity index (χ2v) is 16.7. The lowest BCUT2D eigenvalue weighted by Gasteiger charge is -2.43. The molecule has 0 spiro atoms. The first-order valence-corrected chi connectivity index (χ1v) is 19.1. The number of aromatic nitrogens is 1. The van der Waals surface area contributed by atoms with Crippen LogP contribution in [-0.4, -0.2) is 34.6 Å². The highest BCUT2D eigenvalue weighted by Gasteiger charge is 2.70. The fourth-order valence-corrected chi connectivity index (χ4v) is 12.3. The molecular formula is C38H27BrF3N3O5S2. The number of carbonyl (C=O) groups is 3. The molecule has 4 aromatic carbocycles. The number of thioether (sulfide) groups is 1. The van der Waals surface area contributed by atoms with Crippen LogP contribution in [0.4, 0.5) is 24.5 Å². The first kappa shape index (κ1) is 33.4. The fraction of sp³-hybridized carbons (Fsp3) is 0.263. The summed E-state index contributed by atoms with van der Waals surface area (Å²) in [7, 11) is 0. The van der Waals surface area contributed by atoms with Crippen LogP contribution in [-0.2, 0) is 20.6 Å². The lowest BCUT2D eigenvalue weighted by atomic mass is 9.68. The molecule has 3 heterocycles. The van der Waals surface area contributed by atoms with Gasteiger partial charge < -0.3 is 15.0 Å². The monoisotopic (exact) mass is 805 g/mol. The number of hydrogen-bond acceptors (Lipinski definition) is 7. The van der Waals surface area contributed by atoms with Crippen molar-refractivity contribution in [2.45, 2.75) is 28.8 Å². The Hall–Kier alpha value is -4.40. The number of nitrogens with one attached hydrogen (secondary N) is 2. The lowest BCUT2D eigenvalue weighted by molar-refractivity contribution is -0.137. The number of anilines is 2. The first-order valence-electron chi connectivity index (χ1n) is 16.6. The number of H-pyrrole nitrogens is 1. The average Bonchev–Trinajstić information content (AvgIpc) is 3.86. The van der Waals surface area contributed by atoms with Crippen molar-refractivity contribution in [3.8, 4) is 5.75 Å². The van der Waals surface area contributed by atoms with E-state index in [4.69, 9.17) is 4.74 Å². The van der Waals surface area contributed by atoms with Crippen LogP contribution in [0.5, 0.6) is 5.75 Å². The maximum atomic E-state index is 14.2. The Morgan fingerprint density at radius 2 is 1.65 bits per heavy atom. The Labute approximate surface area is 310 Å². The topological polar surface area (TPSA) is 109 Å². The third-order valence-corrected chi connectivity index (χ3v) is 14.0. The molecule has 7 atom stereocenters. The molecule has 2 aliphatic carbocycles. The smallest absolute Gasteiger partial charge is 0.418 e. The van der Waals surface area contributed by atoms with Crippen molar-refractivity contribution in [1.82, 2.24) is 4.98 Å². The minimum Gasteiger partial charge on any atom is -0.483 e. The third kappa shape index (κ3) is 5.32. The van der Waals surface area contributed by atoms with Gasteiger partial charge in [0.2, 0.25) is 11.8 Å². The number of ether oxygens (including phenoxy) is 1. The van der Waals surface area contributed by atoms with Crippen LogP contribution in [0.25, 0.3) is 10.8 Å². The quantitative estimate of drug-likeness (QED) is 0.168. The van der Waals surface area contributed by atoms with Crippen molar-refractivity contribution in [3.05, 3.63) is 115 Å². The number of rotatable bonds is 6. The maximum absolute atomic E-state index is 14.2. The molecule has 0 unspecified atom stereocenters. The Balaban J connectivity index is 1.05. The van der Waals surface area contributed by atoms with E-state index in [1.807, 2.05) is 48.5 Å². The number of amides is 3. The molecular weight excluding hydrogens is 779 g/mol. The molecule has 2 N–H and O–H groups in total. The first-order chi connectivity index (χ1) is 25.0. The minimum atomic E-state index is -4.76. The van der Waals surface area contributed by atoms with Crippen LogP contribution in [0, 0.1) is 29.6 Å².